The van der Waals surface area contributed by atoms with Crippen molar-refractivity contribution in [3.63, 3.8) is 0 Å². The molecule has 1 aliphatic heterocycles. The second kappa shape index (κ2) is 2.09. The van der Waals surface area contributed by atoms with Crippen molar-refractivity contribution in [2.24, 2.45) is 5.73 Å². The smallest absolute Gasteiger partial charge is 0.247 e. The Morgan fingerprint density at radius 3 is 2.89 bits per heavy atom. The zero-order valence-corrected chi connectivity index (χ0v) is 5.26. The second-order valence-corrected chi connectivity index (χ2v) is 2.16. The monoisotopic (exact) mass is 127 g/mol. The minimum absolute atomic E-state index is 0.118. The normalized spacial score (nSPS) is 25.0. The summed E-state index contributed by atoms with van der Waals surface area (Å²) in [5, 5.41) is 0. The SMILES string of the molecule is CC1CC(C(N)=O)=CO1. The Morgan fingerprint density at radius 1 is 2.00 bits per heavy atom. The molecule has 0 aromatic rings. The predicted molar refractivity (Wildman–Crippen MR) is 32.4 cm³/mol. The summed E-state index contributed by atoms with van der Waals surface area (Å²) in [4.78, 5) is 10.4. The van der Waals surface area contributed by atoms with E-state index in [0.717, 1.165) is 0 Å². The van der Waals surface area contributed by atoms with E-state index >= 15 is 0 Å². The highest BCUT2D eigenvalue weighted by atomic mass is 16.5. The third kappa shape index (κ3) is 1.22. The molecule has 0 spiro atoms. The van der Waals surface area contributed by atoms with Gasteiger partial charge in [0.05, 0.1) is 17.9 Å². The number of hydrogen-bond acceptors (Lipinski definition) is 2. The second-order valence-electron chi connectivity index (χ2n) is 2.16. The first-order valence-electron chi connectivity index (χ1n) is 2.84. The van der Waals surface area contributed by atoms with Crippen LogP contribution in [0.15, 0.2) is 11.8 Å². The number of carbonyl (C=O) groups is 1. The van der Waals surface area contributed by atoms with E-state index < -0.39 is 0 Å². The summed E-state index contributed by atoms with van der Waals surface area (Å²) in [5.74, 6) is -0.376. The van der Waals surface area contributed by atoms with E-state index in [4.69, 9.17) is 10.5 Å². The lowest BCUT2D eigenvalue weighted by atomic mass is 10.2. The number of carbonyl (C=O) groups excluding carboxylic acids is 1. The maximum atomic E-state index is 10.4. The van der Waals surface area contributed by atoms with Gasteiger partial charge in [-0.1, -0.05) is 0 Å². The summed E-state index contributed by atoms with van der Waals surface area (Å²) >= 11 is 0. The Labute approximate surface area is 53.5 Å². The van der Waals surface area contributed by atoms with E-state index in [9.17, 15) is 4.79 Å². The van der Waals surface area contributed by atoms with Gasteiger partial charge in [-0.25, -0.2) is 0 Å². The lowest BCUT2D eigenvalue weighted by molar-refractivity contribution is -0.114. The highest BCUT2D eigenvalue weighted by Crippen LogP contribution is 2.15. The average Bonchev–Trinajstić information content (AvgIpc) is 2.14. The molecule has 1 heterocycles. The topological polar surface area (TPSA) is 52.3 Å². The number of amides is 1. The summed E-state index contributed by atoms with van der Waals surface area (Å²) in [6.07, 6.45) is 2.20. The summed E-state index contributed by atoms with van der Waals surface area (Å²) in [6.45, 7) is 1.90. The molecule has 0 saturated carbocycles. The molecular weight excluding hydrogens is 118 g/mol. The zero-order chi connectivity index (χ0) is 6.85. The maximum Gasteiger partial charge on any atom is 0.247 e. The summed E-state index contributed by atoms with van der Waals surface area (Å²) in [5.41, 5.74) is 5.56. The van der Waals surface area contributed by atoms with Gasteiger partial charge in [-0.15, -0.1) is 0 Å². The highest BCUT2D eigenvalue weighted by Gasteiger charge is 2.16. The molecule has 0 saturated heterocycles. The van der Waals surface area contributed by atoms with Crippen LogP contribution in [-0.4, -0.2) is 12.0 Å². The van der Waals surface area contributed by atoms with Gasteiger partial charge in [0.15, 0.2) is 0 Å². The van der Waals surface area contributed by atoms with Crippen LogP contribution in [0.25, 0.3) is 0 Å². The average molecular weight is 127 g/mol. The Bertz CT molecular complexity index is 162. The summed E-state index contributed by atoms with van der Waals surface area (Å²) in [6, 6.07) is 0. The van der Waals surface area contributed by atoms with Crippen molar-refractivity contribution in [2.75, 3.05) is 0 Å². The van der Waals surface area contributed by atoms with Crippen LogP contribution in [0, 0.1) is 0 Å². The molecule has 0 radical (unpaired) electrons. The molecule has 1 unspecified atom stereocenters. The largest absolute Gasteiger partial charge is 0.497 e. The molecule has 0 aromatic carbocycles. The quantitative estimate of drug-likeness (QED) is 0.545. The van der Waals surface area contributed by atoms with Crippen LogP contribution in [-0.2, 0) is 9.53 Å². The van der Waals surface area contributed by atoms with Gasteiger partial charge in [0.1, 0.15) is 0 Å². The fourth-order valence-electron chi connectivity index (χ4n) is 0.763. The molecule has 9 heavy (non-hydrogen) atoms. The molecule has 50 valence electrons. The van der Waals surface area contributed by atoms with Gasteiger partial charge in [-0.05, 0) is 6.92 Å². The van der Waals surface area contributed by atoms with Gasteiger partial charge in [0, 0.05) is 6.42 Å². The molecule has 1 rings (SSSR count). The van der Waals surface area contributed by atoms with Crippen LogP contribution < -0.4 is 5.73 Å². The third-order valence-electron chi connectivity index (χ3n) is 1.27. The van der Waals surface area contributed by atoms with Crippen molar-refractivity contribution in [3.8, 4) is 0 Å². The van der Waals surface area contributed by atoms with Crippen LogP contribution in [0.3, 0.4) is 0 Å². The number of rotatable bonds is 1. The molecule has 3 nitrogen and oxygen atoms in total. The van der Waals surface area contributed by atoms with E-state index in [1.165, 1.54) is 6.26 Å². The summed E-state index contributed by atoms with van der Waals surface area (Å²) in [7, 11) is 0. The minimum atomic E-state index is -0.376. The van der Waals surface area contributed by atoms with Crippen molar-refractivity contribution < 1.29 is 9.53 Å². The fraction of sp³-hybridized carbons (Fsp3) is 0.500. The van der Waals surface area contributed by atoms with Crippen molar-refractivity contribution in [3.05, 3.63) is 11.8 Å². The van der Waals surface area contributed by atoms with Crippen LogP contribution in [0.1, 0.15) is 13.3 Å². The first kappa shape index (κ1) is 6.13. The fourth-order valence-corrected chi connectivity index (χ4v) is 0.763. The lowest BCUT2D eigenvalue weighted by Crippen LogP contribution is -2.13. The minimum Gasteiger partial charge on any atom is -0.497 e. The van der Waals surface area contributed by atoms with Crippen LogP contribution in [0.4, 0.5) is 0 Å². The van der Waals surface area contributed by atoms with Crippen molar-refractivity contribution in [1.29, 1.82) is 0 Å². The first-order valence-corrected chi connectivity index (χ1v) is 2.84. The zero-order valence-electron chi connectivity index (χ0n) is 5.26. The molecule has 2 N–H and O–H groups in total. The van der Waals surface area contributed by atoms with Crippen molar-refractivity contribution in [2.45, 2.75) is 19.4 Å². The molecule has 0 aliphatic carbocycles. The van der Waals surface area contributed by atoms with E-state index in [0.29, 0.717) is 12.0 Å². The number of primary amides is 1. The summed E-state index contributed by atoms with van der Waals surface area (Å²) < 4.78 is 4.96. The van der Waals surface area contributed by atoms with Gasteiger partial charge >= 0.3 is 0 Å². The van der Waals surface area contributed by atoms with Gasteiger partial charge in [-0.3, -0.25) is 4.79 Å². The van der Waals surface area contributed by atoms with E-state index in [1.807, 2.05) is 6.92 Å². The van der Waals surface area contributed by atoms with Gasteiger partial charge < -0.3 is 10.5 Å². The Balaban J connectivity index is 2.55. The first-order chi connectivity index (χ1) is 4.20. The predicted octanol–water partition coefficient (Wildman–Crippen LogP) is 0.164. The maximum absolute atomic E-state index is 10.4. The van der Waals surface area contributed by atoms with Gasteiger partial charge in [-0.2, -0.15) is 0 Å². The lowest BCUT2D eigenvalue weighted by Gasteiger charge is -1.98. The van der Waals surface area contributed by atoms with E-state index in [-0.39, 0.29) is 12.0 Å². The molecule has 0 fully saturated rings. The molecule has 1 amide bonds. The number of ether oxygens (including phenoxy) is 1. The molecule has 0 aromatic heterocycles. The van der Waals surface area contributed by atoms with E-state index in [1.54, 1.807) is 0 Å². The molecule has 1 aliphatic rings. The third-order valence-corrected chi connectivity index (χ3v) is 1.27. The Morgan fingerprint density at radius 2 is 2.67 bits per heavy atom. The van der Waals surface area contributed by atoms with Crippen molar-refractivity contribution >= 4 is 5.91 Å². The van der Waals surface area contributed by atoms with Crippen LogP contribution >= 0.6 is 0 Å². The molecular formula is C6H9NO2. The molecule has 1 atom stereocenters. The number of hydrogen-bond donors (Lipinski definition) is 1. The Hall–Kier alpha value is -0.990. The highest BCUT2D eigenvalue weighted by molar-refractivity contribution is 5.92. The number of nitrogens with two attached hydrogens (primary N) is 1. The van der Waals surface area contributed by atoms with E-state index in [2.05, 4.69) is 0 Å². The van der Waals surface area contributed by atoms with Gasteiger partial charge in [0.25, 0.3) is 0 Å². The molecule has 3 heteroatoms. The Kier molecular flexibility index (Phi) is 1.42. The van der Waals surface area contributed by atoms with Crippen LogP contribution in [0.2, 0.25) is 0 Å². The standard InChI is InChI=1S/C6H9NO2/c1-4-2-5(3-9-4)6(7)8/h3-4H,2H2,1H3,(H2,7,8). The van der Waals surface area contributed by atoms with Gasteiger partial charge in [0.2, 0.25) is 5.91 Å². The molecule has 0 bridgehead atoms. The van der Waals surface area contributed by atoms with Crippen LogP contribution in [0.5, 0.6) is 0 Å². The van der Waals surface area contributed by atoms with Crippen molar-refractivity contribution in [1.82, 2.24) is 0 Å².